The van der Waals surface area contributed by atoms with Gasteiger partial charge in [0.25, 0.3) is 0 Å². The molecule has 4 rings (SSSR count). The average molecular weight is 591 g/mol. The molecule has 1 saturated heterocycles. The van der Waals surface area contributed by atoms with Gasteiger partial charge in [0, 0.05) is 23.1 Å². The molecule has 1 atom stereocenters. The minimum Gasteiger partial charge on any atom is -0.354 e. The van der Waals surface area contributed by atoms with Crippen molar-refractivity contribution in [3.8, 4) is 11.3 Å². The van der Waals surface area contributed by atoms with Crippen molar-refractivity contribution < 1.29 is 17.6 Å². The molecule has 0 unspecified atom stereocenters. The fourth-order valence-corrected chi connectivity index (χ4v) is 6.06. The summed E-state index contributed by atoms with van der Waals surface area (Å²) in [6.07, 6.45) is 2.97. The van der Waals surface area contributed by atoms with Crippen LogP contribution in [-0.4, -0.2) is 47.7 Å². The lowest BCUT2D eigenvalue weighted by Gasteiger charge is -2.23. The summed E-state index contributed by atoms with van der Waals surface area (Å²) in [6, 6.07) is 13.4. The number of amides is 1. The zero-order valence-corrected chi connectivity index (χ0v) is 22.9. The highest BCUT2D eigenvalue weighted by molar-refractivity contribution is 9.10. The first kappa shape index (κ1) is 27.2. The highest BCUT2D eigenvalue weighted by Crippen LogP contribution is 2.27. The van der Waals surface area contributed by atoms with Crippen molar-refractivity contribution >= 4 is 37.8 Å². The first-order valence-electron chi connectivity index (χ1n) is 12.2. The van der Waals surface area contributed by atoms with Crippen LogP contribution in [0.4, 0.5) is 10.3 Å². The molecule has 0 saturated carbocycles. The number of halogens is 2. The third kappa shape index (κ3) is 6.71. The smallest absolute Gasteiger partial charge is 0.243 e. The van der Waals surface area contributed by atoms with Gasteiger partial charge in [-0.05, 0) is 61.7 Å². The largest absolute Gasteiger partial charge is 0.354 e. The first-order valence-corrected chi connectivity index (χ1v) is 14.4. The summed E-state index contributed by atoms with van der Waals surface area (Å²) < 4.78 is 41.7. The van der Waals surface area contributed by atoms with E-state index in [1.807, 2.05) is 30.3 Å². The summed E-state index contributed by atoms with van der Waals surface area (Å²) in [5, 5.41) is 6.10. The molecule has 8 nitrogen and oxygen atoms in total. The Balaban J connectivity index is 1.51. The number of aromatic nitrogens is 2. The summed E-state index contributed by atoms with van der Waals surface area (Å²) in [4.78, 5) is 22.3. The van der Waals surface area contributed by atoms with Gasteiger partial charge in [-0.1, -0.05) is 41.4 Å². The van der Waals surface area contributed by atoms with Crippen molar-refractivity contribution in [3.63, 3.8) is 0 Å². The molecule has 11 heteroatoms. The van der Waals surface area contributed by atoms with E-state index in [1.54, 1.807) is 0 Å². The van der Waals surface area contributed by atoms with Crippen molar-refractivity contribution in [1.82, 2.24) is 19.6 Å². The van der Waals surface area contributed by atoms with Crippen LogP contribution >= 0.6 is 15.9 Å². The Kier molecular flexibility index (Phi) is 8.88. The first-order chi connectivity index (χ1) is 17.8. The highest BCUT2D eigenvalue weighted by atomic mass is 79.9. The summed E-state index contributed by atoms with van der Waals surface area (Å²) in [7, 11) is -3.93. The zero-order chi connectivity index (χ0) is 26.4. The van der Waals surface area contributed by atoms with Crippen LogP contribution in [0.1, 0.15) is 38.3 Å². The molecule has 0 radical (unpaired) electrons. The number of sulfonamides is 1. The molecule has 3 aromatic rings. The van der Waals surface area contributed by atoms with Crippen molar-refractivity contribution in [2.45, 2.75) is 50.1 Å². The van der Waals surface area contributed by atoms with Gasteiger partial charge in [-0.15, -0.1) is 0 Å². The summed E-state index contributed by atoms with van der Waals surface area (Å²) in [5.74, 6) is -0.447. The molecule has 196 valence electrons. The van der Waals surface area contributed by atoms with Crippen LogP contribution in [0.15, 0.2) is 64.0 Å². The summed E-state index contributed by atoms with van der Waals surface area (Å²) in [5.41, 5.74) is 2.22. The Morgan fingerprint density at radius 3 is 2.57 bits per heavy atom. The van der Waals surface area contributed by atoms with E-state index < -0.39 is 27.8 Å². The van der Waals surface area contributed by atoms with E-state index in [1.165, 1.54) is 16.4 Å². The van der Waals surface area contributed by atoms with Crippen LogP contribution in [0.5, 0.6) is 0 Å². The van der Waals surface area contributed by atoms with Gasteiger partial charge in [0.15, 0.2) is 0 Å². The number of hydrogen-bond acceptors (Lipinski definition) is 6. The number of carbonyl (C=O) groups excluding carboxylic acids is 1. The number of hydrogen-bond donors (Lipinski definition) is 2. The van der Waals surface area contributed by atoms with E-state index in [-0.39, 0.29) is 18.0 Å². The van der Waals surface area contributed by atoms with E-state index in [4.69, 9.17) is 0 Å². The van der Waals surface area contributed by atoms with Gasteiger partial charge in [-0.3, -0.25) is 4.79 Å². The van der Waals surface area contributed by atoms with Crippen LogP contribution in [0.3, 0.4) is 0 Å². The van der Waals surface area contributed by atoms with Crippen molar-refractivity contribution in [2.24, 2.45) is 0 Å². The van der Waals surface area contributed by atoms with Crippen LogP contribution in [0.2, 0.25) is 0 Å². The molecule has 1 aliphatic heterocycles. The van der Waals surface area contributed by atoms with E-state index in [0.29, 0.717) is 30.2 Å². The molecule has 1 aromatic heterocycles. The van der Waals surface area contributed by atoms with Gasteiger partial charge in [0.05, 0.1) is 22.8 Å². The minimum absolute atomic E-state index is 0.0358. The lowest BCUT2D eigenvalue weighted by molar-refractivity contribution is -0.124. The second kappa shape index (κ2) is 12.1. The molecule has 1 amide bonds. The van der Waals surface area contributed by atoms with Crippen LogP contribution < -0.4 is 10.6 Å². The number of anilines is 1. The Labute approximate surface area is 224 Å². The minimum atomic E-state index is -3.93. The molecular formula is C26H29BrFN5O3S. The molecule has 2 aromatic carbocycles. The fraction of sp³-hybridized carbons (Fsp3) is 0.346. The van der Waals surface area contributed by atoms with E-state index >= 15 is 0 Å². The Morgan fingerprint density at radius 1 is 1.14 bits per heavy atom. The third-order valence-electron chi connectivity index (χ3n) is 6.10. The third-order valence-corrected chi connectivity index (χ3v) is 8.55. The maximum atomic E-state index is 13.3. The Morgan fingerprint density at radius 2 is 1.86 bits per heavy atom. The molecule has 1 aliphatic rings. The molecule has 0 aliphatic carbocycles. The Bertz CT molecular complexity index is 1340. The maximum Gasteiger partial charge on any atom is 0.243 e. The van der Waals surface area contributed by atoms with Crippen molar-refractivity contribution in [3.05, 3.63) is 70.6 Å². The second-order valence-corrected chi connectivity index (χ2v) is 11.6. The van der Waals surface area contributed by atoms with Gasteiger partial charge >= 0.3 is 0 Å². The molecule has 0 bridgehead atoms. The van der Waals surface area contributed by atoms with E-state index in [0.717, 1.165) is 41.6 Å². The average Bonchev–Trinajstić information content (AvgIpc) is 3.39. The predicted molar refractivity (Wildman–Crippen MR) is 144 cm³/mol. The predicted octanol–water partition coefficient (Wildman–Crippen LogP) is 4.73. The monoisotopic (exact) mass is 589 g/mol. The number of nitrogens with zero attached hydrogens (tertiary/aromatic N) is 3. The summed E-state index contributed by atoms with van der Waals surface area (Å²) in [6.45, 7) is 3.17. The Hall–Kier alpha value is -2.89. The van der Waals surface area contributed by atoms with Gasteiger partial charge in [-0.25, -0.2) is 22.8 Å². The topological polar surface area (TPSA) is 104 Å². The van der Waals surface area contributed by atoms with Gasteiger partial charge in [0.1, 0.15) is 11.9 Å². The lowest BCUT2D eigenvalue weighted by Crippen LogP contribution is -2.45. The standard InChI is InChI=1S/C26H29BrFN5O3S/c1-2-3-14-29-26-31-21(16-23(32-26)18-6-8-19(27)9-7-18)17-30-25(34)24-5-4-15-33(24)37(35,36)22-12-10-20(28)11-13-22/h6-13,16,24H,2-5,14-15,17H2,1H3,(H,30,34)(H,29,31,32)/t24-/m0/s1. The second-order valence-electron chi connectivity index (χ2n) is 8.80. The zero-order valence-electron chi connectivity index (χ0n) is 20.5. The number of unbranched alkanes of at least 4 members (excludes halogenated alkanes) is 1. The number of nitrogens with one attached hydrogen (secondary N) is 2. The SMILES string of the molecule is CCCCNc1nc(CNC(=O)[C@@H]2CCCN2S(=O)(=O)c2ccc(F)cc2)cc(-c2ccc(Br)cc2)n1. The number of rotatable bonds is 10. The quantitative estimate of drug-likeness (QED) is 0.331. The van der Waals surface area contributed by atoms with E-state index in [9.17, 15) is 17.6 Å². The number of carbonyl (C=O) groups is 1. The van der Waals surface area contributed by atoms with Gasteiger partial charge in [0.2, 0.25) is 21.9 Å². The summed E-state index contributed by atoms with van der Waals surface area (Å²) >= 11 is 3.44. The number of benzene rings is 2. The normalized spacial score (nSPS) is 16.0. The van der Waals surface area contributed by atoms with Gasteiger partial charge in [-0.2, -0.15) is 4.31 Å². The molecule has 1 fully saturated rings. The van der Waals surface area contributed by atoms with Crippen LogP contribution in [-0.2, 0) is 21.4 Å². The molecule has 2 N–H and O–H groups in total. The molecule has 2 heterocycles. The van der Waals surface area contributed by atoms with Gasteiger partial charge < -0.3 is 10.6 Å². The fourth-order valence-electron chi connectivity index (χ4n) is 4.14. The molecule has 0 spiro atoms. The van der Waals surface area contributed by atoms with Crippen LogP contribution in [0.25, 0.3) is 11.3 Å². The lowest BCUT2D eigenvalue weighted by atomic mass is 10.1. The van der Waals surface area contributed by atoms with Crippen LogP contribution in [0, 0.1) is 5.82 Å². The maximum absolute atomic E-state index is 13.3. The molecule has 37 heavy (non-hydrogen) atoms. The highest BCUT2D eigenvalue weighted by Gasteiger charge is 2.39. The van der Waals surface area contributed by atoms with Crippen molar-refractivity contribution in [2.75, 3.05) is 18.4 Å². The molecular weight excluding hydrogens is 561 g/mol. The van der Waals surface area contributed by atoms with E-state index in [2.05, 4.69) is 43.5 Å². The van der Waals surface area contributed by atoms with Crippen molar-refractivity contribution in [1.29, 1.82) is 0 Å².